The normalized spacial score (nSPS) is 10.7. The first-order valence-corrected chi connectivity index (χ1v) is 11.0. The molecule has 0 aliphatic rings. The van der Waals surface area contributed by atoms with Gasteiger partial charge in [-0.15, -0.1) is 11.3 Å². The fraction of sp³-hybridized carbons (Fsp3) is 0. The van der Waals surface area contributed by atoms with Crippen molar-refractivity contribution in [3.63, 3.8) is 0 Å². The van der Waals surface area contributed by atoms with Crippen LogP contribution in [0.5, 0.6) is 0 Å². The molecule has 4 aromatic heterocycles. The van der Waals surface area contributed by atoms with Gasteiger partial charge in [-0.2, -0.15) is 0 Å². The number of thiazole rings is 1. The maximum Gasteiger partial charge on any atom is 0.159 e. The van der Waals surface area contributed by atoms with Gasteiger partial charge in [0, 0.05) is 23.3 Å². The van der Waals surface area contributed by atoms with Crippen molar-refractivity contribution in [1.82, 2.24) is 19.9 Å². The number of H-pyrrole nitrogens is 2. The molecular formula is C25H18N4S2. The highest BCUT2D eigenvalue weighted by Crippen LogP contribution is 2.30. The van der Waals surface area contributed by atoms with E-state index in [1.165, 1.54) is 10.1 Å². The van der Waals surface area contributed by atoms with Crippen molar-refractivity contribution >= 4 is 44.7 Å². The maximum atomic E-state index is 4.98. The Labute approximate surface area is 188 Å². The third-order valence-electron chi connectivity index (χ3n) is 4.86. The number of hydrogen-bond donors (Lipinski definition) is 2. The lowest BCUT2D eigenvalue weighted by Gasteiger charge is -2.02. The molecule has 2 aromatic carbocycles. The molecule has 6 rings (SSSR count). The Balaban J connectivity index is 0.000000171. The highest BCUT2D eigenvalue weighted by atomic mass is 32.1. The van der Waals surface area contributed by atoms with Crippen LogP contribution in [-0.2, 0) is 0 Å². The SMILES string of the molecule is S=c1[nH]c2ccccc2s1.c1ccc(-c2cc3cccc(-c4ccccn4)c3[nH]2)nc1. The summed E-state index contributed by atoms with van der Waals surface area (Å²) in [7, 11) is 0. The van der Waals surface area contributed by atoms with Crippen LogP contribution >= 0.6 is 23.6 Å². The van der Waals surface area contributed by atoms with Crippen LogP contribution in [0.1, 0.15) is 0 Å². The summed E-state index contributed by atoms with van der Waals surface area (Å²) >= 11 is 6.59. The topological polar surface area (TPSA) is 57.4 Å². The Bertz CT molecular complexity index is 1460. The van der Waals surface area contributed by atoms with Crippen molar-refractivity contribution in [1.29, 1.82) is 0 Å². The van der Waals surface area contributed by atoms with Crippen molar-refractivity contribution < 1.29 is 0 Å². The molecular weight excluding hydrogens is 420 g/mol. The number of hydrogen-bond acceptors (Lipinski definition) is 4. The smallest absolute Gasteiger partial charge is 0.159 e. The number of aromatic nitrogens is 4. The molecule has 4 nitrogen and oxygen atoms in total. The predicted molar refractivity (Wildman–Crippen MR) is 132 cm³/mol. The summed E-state index contributed by atoms with van der Waals surface area (Å²) in [5.74, 6) is 0. The second-order valence-corrected chi connectivity index (χ2v) is 8.61. The molecule has 0 radical (unpaired) electrons. The van der Waals surface area contributed by atoms with E-state index >= 15 is 0 Å². The highest BCUT2D eigenvalue weighted by Gasteiger charge is 2.09. The third-order valence-corrected chi connectivity index (χ3v) is 6.08. The third kappa shape index (κ3) is 4.17. The molecule has 0 amide bonds. The van der Waals surface area contributed by atoms with Gasteiger partial charge >= 0.3 is 0 Å². The maximum absolute atomic E-state index is 4.98. The first kappa shape index (κ1) is 19.4. The zero-order chi connectivity index (χ0) is 21.0. The van der Waals surface area contributed by atoms with E-state index in [9.17, 15) is 0 Å². The Hall–Kier alpha value is -3.61. The molecule has 31 heavy (non-hydrogen) atoms. The van der Waals surface area contributed by atoms with Crippen LogP contribution in [0.15, 0.2) is 97.3 Å². The average Bonchev–Trinajstić information content (AvgIpc) is 3.43. The molecule has 150 valence electrons. The molecule has 6 heteroatoms. The molecule has 0 bridgehead atoms. The van der Waals surface area contributed by atoms with Crippen molar-refractivity contribution in [3.05, 3.63) is 101 Å². The molecule has 6 aromatic rings. The Morgan fingerprint density at radius 1 is 0.710 bits per heavy atom. The van der Waals surface area contributed by atoms with Crippen LogP contribution in [0.3, 0.4) is 0 Å². The Kier molecular flexibility index (Phi) is 5.39. The van der Waals surface area contributed by atoms with Crippen molar-refractivity contribution in [2.24, 2.45) is 0 Å². The minimum Gasteiger partial charge on any atom is -0.353 e. The van der Waals surface area contributed by atoms with Gasteiger partial charge in [0.25, 0.3) is 0 Å². The van der Waals surface area contributed by atoms with E-state index in [-0.39, 0.29) is 0 Å². The van der Waals surface area contributed by atoms with Gasteiger partial charge in [-0.05, 0) is 54.7 Å². The van der Waals surface area contributed by atoms with Gasteiger partial charge in [0.15, 0.2) is 3.95 Å². The monoisotopic (exact) mass is 438 g/mol. The summed E-state index contributed by atoms with van der Waals surface area (Å²) in [6.07, 6.45) is 3.62. The molecule has 4 heterocycles. The zero-order valence-electron chi connectivity index (χ0n) is 16.4. The summed E-state index contributed by atoms with van der Waals surface area (Å²) in [4.78, 5) is 15.4. The molecule has 0 saturated carbocycles. The quantitative estimate of drug-likeness (QED) is 0.280. The number of pyridine rings is 2. The summed E-state index contributed by atoms with van der Waals surface area (Å²) in [6, 6.07) is 28.4. The van der Waals surface area contributed by atoms with Gasteiger partial charge in [-0.3, -0.25) is 9.97 Å². The first-order chi connectivity index (χ1) is 15.3. The van der Waals surface area contributed by atoms with Gasteiger partial charge in [0.2, 0.25) is 0 Å². The Morgan fingerprint density at radius 3 is 2.19 bits per heavy atom. The van der Waals surface area contributed by atoms with Crippen LogP contribution < -0.4 is 0 Å². The average molecular weight is 439 g/mol. The standard InChI is InChI=1S/C18H13N3.C7H5NS2/c1-3-10-19-15(8-1)14-7-5-6-13-12-17(21-18(13)14)16-9-2-4-11-20-16;9-7-8-5-3-1-2-4-6(5)10-7/h1-12,21H;1-4H,(H,8,9). The Morgan fingerprint density at radius 2 is 1.45 bits per heavy atom. The highest BCUT2D eigenvalue weighted by molar-refractivity contribution is 7.73. The molecule has 0 unspecified atom stereocenters. The van der Waals surface area contributed by atoms with Gasteiger partial charge in [-0.1, -0.05) is 42.5 Å². The van der Waals surface area contributed by atoms with E-state index in [1.807, 2.05) is 60.8 Å². The molecule has 0 aliphatic heterocycles. The lowest BCUT2D eigenvalue weighted by atomic mass is 10.1. The number of rotatable bonds is 2. The number of aromatic amines is 2. The number of nitrogens with one attached hydrogen (secondary N) is 2. The summed E-state index contributed by atoms with van der Waals surface area (Å²) in [5.41, 5.74) is 6.27. The van der Waals surface area contributed by atoms with Gasteiger partial charge in [0.1, 0.15) is 0 Å². The molecule has 2 N–H and O–H groups in total. The first-order valence-electron chi connectivity index (χ1n) is 9.80. The van der Waals surface area contributed by atoms with E-state index < -0.39 is 0 Å². The summed E-state index contributed by atoms with van der Waals surface area (Å²) in [6.45, 7) is 0. The minimum atomic E-state index is 0.848. The van der Waals surface area contributed by atoms with E-state index in [0.717, 1.165) is 37.6 Å². The largest absolute Gasteiger partial charge is 0.353 e. The summed E-state index contributed by atoms with van der Waals surface area (Å²) in [5, 5.41) is 1.17. The molecule has 0 saturated heterocycles. The molecule has 0 spiro atoms. The van der Waals surface area contributed by atoms with E-state index in [0.29, 0.717) is 0 Å². The predicted octanol–water partition coefficient (Wildman–Crippen LogP) is 7.25. The van der Waals surface area contributed by atoms with Crippen molar-refractivity contribution in [3.8, 4) is 22.6 Å². The van der Waals surface area contributed by atoms with Crippen LogP contribution in [0.25, 0.3) is 43.8 Å². The minimum absolute atomic E-state index is 0.848. The molecule has 0 atom stereocenters. The van der Waals surface area contributed by atoms with Crippen LogP contribution in [-0.4, -0.2) is 19.9 Å². The lowest BCUT2D eigenvalue weighted by Crippen LogP contribution is -1.84. The number of para-hydroxylation sites is 2. The number of benzene rings is 2. The van der Waals surface area contributed by atoms with Crippen LogP contribution in [0, 0.1) is 3.95 Å². The van der Waals surface area contributed by atoms with Gasteiger partial charge in [-0.25, -0.2) is 0 Å². The molecule has 0 aliphatic carbocycles. The zero-order valence-corrected chi connectivity index (χ0v) is 18.1. The lowest BCUT2D eigenvalue weighted by molar-refractivity contribution is 1.29. The van der Waals surface area contributed by atoms with E-state index in [4.69, 9.17) is 12.2 Å². The van der Waals surface area contributed by atoms with Crippen molar-refractivity contribution in [2.75, 3.05) is 0 Å². The fourth-order valence-corrected chi connectivity index (χ4v) is 4.56. The summed E-state index contributed by atoms with van der Waals surface area (Å²) < 4.78 is 2.08. The van der Waals surface area contributed by atoms with Crippen LogP contribution in [0.4, 0.5) is 0 Å². The van der Waals surface area contributed by atoms with Gasteiger partial charge < -0.3 is 9.97 Å². The van der Waals surface area contributed by atoms with Gasteiger partial charge in [0.05, 0.1) is 32.8 Å². The van der Waals surface area contributed by atoms with Crippen molar-refractivity contribution in [2.45, 2.75) is 0 Å². The van der Waals surface area contributed by atoms with E-state index in [2.05, 4.69) is 50.3 Å². The second-order valence-electron chi connectivity index (χ2n) is 6.89. The van der Waals surface area contributed by atoms with Crippen LogP contribution in [0.2, 0.25) is 0 Å². The number of fused-ring (bicyclic) bond motifs is 2. The molecule has 0 fully saturated rings. The second kappa shape index (κ2) is 8.63. The van der Waals surface area contributed by atoms with E-state index in [1.54, 1.807) is 17.5 Å². The number of nitrogens with zero attached hydrogens (tertiary/aromatic N) is 2. The fourth-order valence-electron chi connectivity index (χ4n) is 3.45.